The van der Waals surface area contributed by atoms with Crippen molar-refractivity contribution in [3.05, 3.63) is 32.1 Å². The first-order chi connectivity index (χ1) is 5.15. The monoisotopic (exact) mass is 285 g/mol. The summed E-state index contributed by atoms with van der Waals surface area (Å²) in [4.78, 5) is 0. The molecule has 11 heavy (non-hydrogen) atoms. The highest BCUT2D eigenvalue weighted by Crippen LogP contribution is 2.21. The summed E-state index contributed by atoms with van der Waals surface area (Å²) in [6, 6.07) is 2.93. The summed E-state index contributed by atoms with van der Waals surface area (Å²) in [7, 11) is 0. The molecule has 2 N–H and O–H groups in total. The Morgan fingerprint density at radius 3 is 2.73 bits per heavy atom. The Labute approximate surface area is 82.9 Å². The average Bonchev–Trinajstić information content (AvgIpc) is 1.97. The summed E-state index contributed by atoms with van der Waals surface area (Å²) in [6.07, 6.45) is 0. The highest BCUT2D eigenvalue weighted by molar-refractivity contribution is 14.1. The minimum absolute atomic E-state index is 0.207. The van der Waals surface area contributed by atoms with Crippen LogP contribution in [0, 0.1) is 9.39 Å². The minimum atomic E-state index is -0.335. The van der Waals surface area contributed by atoms with E-state index in [4.69, 9.17) is 17.3 Å². The molecule has 0 unspecified atom stereocenters. The van der Waals surface area contributed by atoms with Gasteiger partial charge < -0.3 is 5.73 Å². The summed E-state index contributed by atoms with van der Waals surface area (Å²) in [5.41, 5.74) is 5.78. The average molecular weight is 285 g/mol. The van der Waals surface area contributed by atoms with Crippen molar-refractivity contribution in [2.45, 2.75) is 6.54 Å². The molecule has 1 aromatic rings. The Morgan fingerprint density at radius 2 is 2.18 bits per heavy atom. The van der Waals surface area contributed by atoms with Crippen LogP contribution >= 0.6 is 34.2 Å². The first-order valence-corrected chi connectivity index (χ1v) is 4.44. The van der Waals surface area contributed by atoms with Crippen LogP contribution in [0.2, 0.25) is 5.02 Å². The second-order valence-corrected chi connectivity index (χ2v) is 3.63. The molecule has 4 heteroatoms. The quantitative estimate of drug-likeness (QED) is 0.623. The summed E-state index contributed by atoms with van der Waals surface area (Å²) in [5.74, 6) is -0.335. The maximum Gasteiger partial charge on any atom is 0.129 e. The lowest BCUT2D eigenvalue weighted by molar-refractivity contribution is 0.610. The second-order valence-electron chi connectivity index (χ2n) is 2.06. The summed E-state index contributed by atoms with van der Waals surface area (Å²) >= 11 is 7.69. The summed E-state index contributed by atoms with van der Waals surface area (Å²) in [5, 5.41) is 0.431. The molecule has 1 rings (SSSR count). The molecule has 0 aliphatic heterocycles. The van der Waals surface area contributed by atoms with Crippen molar-refractivity contribution in [3.63, 3.8) is 0 Å². The van der Waals surface area contributed by atoms with E-state index in [0.717, 1.165) is 3.57 Å². The molecule has 0 heterocycles. The van der Waals surface area contributed by atoms with E-state index < -0.39 is 0 Å². The highest BCUT2D eigenvalue weighted by Gasteiger charge is 2.04. The molecule has 0 fully saturated rings. The smallest absolute Gasteiger partial charge is 0.129 e. The van der Waals surface area contributed by atoms with Crippen LogP contribution in [-0.2, 0) is 6.54 Å². The van der Waals surface area contributed by atoms with Gasteiger partial charge in [-0.25, -0.2) is 4.39 Å². The Bertz CT molecular complexity index is 277. The van der Waals surface area contributed by atoms with Gasteiger partial charge in [-0.05, 0) is 34.7 Å². The predicted molar refractivity (Wildman–Crippen MR) is 52.0 cm³/mol. The Hall–Kier alpha value is 0.130. The summed E-state index contributed by atoms with van der Waals surface area (Å²) in [6.45, 7) is 0.207. The van der Waals surface area contributed by atoms with Crippen LogP contribution in [0.1, 0.15) is 5.56 Å². The number of benzene rings is 1. The molecule has 1 aromatic carbocycles. The Kier molecular flexibility index (Phi) is 3.09. The topological polar surface area (TPSA) is 26.0 Å². The van der Waals surface area contributed by atoms with E-state index in [-0.39, 0.29) is 12.4 Å². The van der Waals surface area contributed by atoms with Crippen molar-refractivity contribution in [2.75, 3.05) is 0 Å². The molecule has 0 aliphatic carbocycles. The maximum atomic E-state index is 12.9. The molecular formula is C7H6ClFIN. The number of hydrogen-bond acceptors (Lipinski definition) is 1. The first-order valence-electron chi connectivity index (χ1n) is 2.98. The Morgan fingerprint density at radius 1 is 1.55 bits per heavy atom. The van der Waals surface area contributed by atoms with E-state index in [2.05, 4.69) is 0 Å². The molecular weight excluding hydrogens is 279 g/mol. The fourth-order valence-corrected chi connectivity index (χ4v) is 1.40. The fraction of sp³-hybridized carbons (Fsp3) is 0.143. The van der Waals surface area contributed by atoms with Crippen molar-refractivity contribution < 1.29 is 4.39 Å². The van der Waals surface area contributed by atoms with Crippen molar-refractivity contribution in [2.24, 2.45) is 5.73 Å². The molecule has 0 saturated heterocycles. The zero-order chi connectivity index (χ0) is 8.43. The van der Waals surface area contributed by atoms with E-state index >= 15 is 0 Å². The van der Waals surface area contributed by atoms with Crippen LogP contribution in [0.25, 0.3) is 0 Å². The van der Waals surface area contributed by atoms with Gasteiger partial charge in [-0.1, -0.05) is 11.6 Å². The van der Waals surface area contributed by atoms with Gasteiger partial charge in [0.2, 0.25) is 0 Å². The lowest BCUT2D eigenvalue weighted by atomic mass is 10.2. The van der Waals surface area contributed by atoms with Gasteiger partial charge in [0.05, 0.1) is 5.02 Å². The predicted octanol–water partition coefficient (Wildman–Crippen LogP) is 2.54. The number of halogens is 3. The van der Waals surface area contributed by atoms with E-state index in [9.17, 15) is 4.39 Å². The lowest BCUT2D eigenvalue weighted by Gasteiger charge is -2.01. The second kappa shape index (κ2) is 3.69. The van der Waals surface area contributed by atoms with Crippen LogP contribution in [-0.4, -0.2) is 0 Å². The normalized spacial score (nSPS) is 10.2. The molecule has 60 valence electrons. The molecule has 0 aliphatic rings. The number of nitrogens with two attached hydrogens (primary N) is 1. The summed E-state index contributed by atoms with van der Waals surface area (Å²) < 4.78 is 13.7. The van der Waals surface area contributed by atoms with Crippen LogP contribution < -0.4 is 5.73 Å². The SMILES string of the molecule is NCc1cc(I)c(Cl)cc1F. The third kappa shape index (κ3) is 2.04. The maximum absolute atomic E-state index is 12.9. The first kappa shape index (κ1) is 9.22. The zero-order valence-corrected chi connectivity index (χ0v) is 8.49. The molecule has 0 saturated carbocycles. The molecule has 0 spiro atoms. The van der Waals surface area contributed by atoms with Gasteiger partial charge in [0.1, 0.15) is 5.82 Å². The van der Waals surface area contributed by atoms with Gasteiger partial charge in [0, 0.05) is 15.7 Å². The van der Waals surface area contributed by atoms with Crippen LogP contribution in [0.4, 0.5) is 4.39 Å². The van der Waals surface area contributed by atoms with Crippen LogP contribution in [0.15, 0.2) is 12.1 Å². The van der Waals surface area contributed by atoms with Gasteiger partial charge >= 0.3 is 0 Å². The van der Waals surface area contributed by atoms with E-state index in [1.165, 1.54) is 6.07 Å². The Balaban J connectivity index is 3.21. The molecule has 0 amide bonds. The van der Waals surface area contributed by atoms with Crippen molar-refractivity contribution in [1.29, 1.82) is 0 Å². The molecule has 0 radical (unpaired) electrons. The van der Waals surface area contributed by atoms with Gasteiger partial charge in [-0.2, -0.15) is 0 Å². The molecule has 0 bridgehead atoms. The zero-order valence-electron chi connectivity index (χ0n) is 5.57. The van der Waals surface area contributed by atoms with Crippen molar-refractivity contribution in [3.8, 4) is 0 Å². The van der Waals surface area contributed by atoms with E-state index in [1.807, 2.05) is 22.6 Å². The third-order valence-corrected chi connectivity index (χ3v) is 2.83. The van der Waals surface area contributed by atoms with Gasteiger partial charge in [-0.15, -0.1) is 0 Å². The third-order valence-electron chi connectivity index (χ3n) is 1.31. The standard InChI is InChI=1S/C7H6ClFIN/c8-5-2-6(9)4(3-11)1-7(5)10/h1-2H,3,11H2. The van der Waals surface area contributed by atoms with E-state index in [0.29, 0.717) is 10.6 Å². The fourth-order valence-electron chi connectivity index (χ4n) is 0.720. The molecule has 0 atom stereocenters. The van der Waals surface area contributed by atoms with Gasteiger partial charge in [0.15, 0.2) is 0 Å². The van der Waals surface area contributed by atoms with Crippen molar-refractivity contribution >= 4 is 34.2 Å². The van der Waals surface area contributed by atoms with Gasteiger partial charge in [0.25, 0.3) is 0 Å². The minimum Gasteiger partial charge on any atom is -0.326 e. The molecule has 1 nitrogen and oxygen atoms in total. The van der Waals surface area contributed by atoms with Crippen LogP contribution in [0.3, 0.4) is 0 Å². The largest absolute Gasteiger partial charge is 0.326 e. The number of hydrogen-bond donors (Lipinski definition) is 1. The highest BCUT2D eigenvalue weighted by atomic mass is 127. The van der Waals surface area contributed by atoms with Gasteiger partial charge in [-0.3, -0.25) is 0 Å². The van der Waals surface area contributed by atoms with E-state index in [1.54, 1.807) is 6.07 Å². The van der Waals surface area contributed by atoms with Crippen molar-refractivity contribution in [1.82, 2.24) is 0 Å². The van der Waals surface area contributed by atoms with Crippen LogP contribution in [0.5, 0.6) is 0 Å². The number of rotatable bonds is 1. The lowest BCUT2D eigenvalue weighted by Crippen LogP contribution is -2.00. The molecule has 0 aromatic heterocycles.